The summed E-state index contributed by atoms with van der Waals surface area (Å²) in [5.41, 5.74) is 0.104. The van der Waals surface area contributed by atoms with Gasteiger partial charge >= 0.3 is 0 Å². The molecule has 0 aromatic heterocycles. The monoisotopic (exact) mass is 228 g/mol. The molecule has 0 N–H and O–H groups in total. The van der Waals surface area contributed by atoms with Crippen molar-refractivity contribution in [1.82, 2.24) is 0 Å². The Morgan fingerprint density at radius 3 is 2.80 bits per heavy atom. The lowest BCUT2D eigenvalue weighted by Gasteiger charge is -2.06. The number of Topliss-reactive ketones (excluding diaryl/α,β-unsaturated/α-hetero) is 1. The minimum Gasteiger partial charge on any atom is -0.493 e. The van der Waals surface area contributed by atoms with Gasteiger partial charge in [0.05, 0.1) is 12.2 Å². The van der Waals surface area contributed by atoms with Gasteiger partial charge in [0.25, 0.3) is 0 Å². The highest BCUT2D eigenvalue weighted by Crippen LogP contribution is 2.17. The number of ether oxygens (including phenoxy) is 1. The Bertz CT molecular complexity index is 352. The molecular weight excluding hydrogens is 215 g/mol. The third kappa shape index (κ3) is 3.55. The van der Waals surface area contributed by atoms with Gasteiger partial charge < -0.3 is 4.74 Å². The van der Waals surface area contributed by atoms with E-state index in [1.165, 1.54) is 19.1 Å². The van der Waals surface area contributed by atoms with E-state index in [0.29, 0.717) is 12.4 Å². The summed E-state index contributed by atoms with van der Waals surface area (Å²) in [5, 5.41) is 0. The number of thioether (sulfide) groups is 1. The number of carbonyl (C=O) groups excluding carboxylic acids is 1. The average molecular weight is 228 g/mol. The first kappa shape index (κ1) is 12.0. The van der Waals surface area contributed by atoms with Gasteiger partial charge in [-0.05, 0) is 25.3 Å². The zero-order valence-electron chi connectivity index (χ0n) is 8.75. The predicted octanol–water partition coefficient (Wildman–Crippen LogP) is 2.77. The molecule has 0 bridgehead atoms. The second-order valence-electron chi connectivity index (χ2n) is 3.04. The van der Waals surface area contributed by atoms with E-state index in [1.54, 1.807) is 17.8 Å². The Hall–Kier alpha value is -1.03. The van der Waals surface area contributed by atoms with E-state index in [9.17, 15) is 9.18 Å². The normalized spacial score (nSPS) is 10.1. The van der Waals surface area contributed by atoms with Gasteiger partial charge in [-0.1, -0.05) is 0 Å². The van der Waals surface area contributed by atoms with E-state index in [0.717, 1.165) is 5.75 Å². The maximum atomic E-state index is 13.3. The van der Waals surface area contributed by atoms with Crippen molar-refractivity contribution in [3.8, 4) is 5.75 Å². The number of carbonyl (C=O) groups is 1. The van der Waals surface area contributed by atoms with Gasteiger partial charge in [0.2, 0.25) is 0 Å². The van der Waals surface area contributed by atoms with Crippen LogP contribution in [0.5, 0.6) is 5.75 Å². The lowest BCUT2D eigenvalue weighted by atomic mass is 10.1. The first-order valence-electron chi connectivity index (χ1n) is 4.57. The smallest absolute Gasteiger partial charge is 0.162 e. The van der Waals surface area contributed by atoms with Crippen molar-refractivity contribution in [3.05, 3.63) is 29.6 Å². The number of halogens is 1. The van der Waals surface area contributed by atoms with Gasteiger partial charge in [0, 0.05) is 11.8 Å². The fourth-order valence-corrected chi connectivity index (χ4v) is 1.36. The third-order valence-electron chi connectivity index (χ3n) is 1.88. The van der Waals surface area contributed by atoms with Crippen molar-refractivity contribution in [2.24, 2.45) is 0 Å². The van der Waals surface area contributed by atoms with Crippen LogP contribution < -0.4 is 4.74 Å². The summed E-state index contributed by atoms with van der Waals surface area (Å²) in [6.45, 7) is 1.88. The average Bonchev–Trinajstić information content (AvgIpc) is 2.17. The molecule has 0 aliphatic rings. The summed E-state index contributed by atoms with van der Waals surface area (Å²) < 4.78 is 18.6. The standard InChI is InChI=1S/C11H13FO2S/c1-8(13)10-4-3-9(7-11(10)12)14-5-6-15-2/h3-4,7H,5-6H2,1-2H3. The summed E-state index contributed by atoms with van der Waals surface area (Å²) in [7, 11) is 0. The summed E-state index contributed by atoms with van der Waals surface area (Å²) in [4.78, 5) is 11.0. The first-order valence-corrected chi connectivity index (χ1v) is 5.96. The van der Waals surface area contributed by atoms with Crippen LogP contribution in [-0.4, -0.2) is 24.4 Å². The van der Waals surface area contributed by atoms with Crippen LogP contribution >= 0.6 is 11.8 Å². The minimum atomic E-state index is -0.524. The molecule has 15 heavy (non-hydrogen) atoms. The Labute approximate surface area is 92.8 Å². The van der Waals surface area contributed by atoms with Gasteiger partial charge in [-0.2, -0.15) is 11.8 Å². The van der Waals surface area contributed by atoms with E-state index < -0.39 is 5.82 Å². The van der Waals surface area contributed by atoms with Gasteiger partial charge in [0.1, 0.15) is 11.6 Å². The highest BCUT2D eigenvalue weighted by Gasteiger charge is 2.07. The lowest BCUT2D eigenvalue weighted by molar-refractivity contribution is 0.101. The minimum absolute atomic E-state index is 0.104. The lowest BCUT2D eigenvalue weighted by Crippen LogP contribution is -2.02. The molecular formula is C11H13FO2S. The third-order valence-corrected chi connectivity index (χ3v) is 2.45. The molecule has 0 atom stereocenters. The van der Waals surface area contributed by atoms with Gasteiger partial charge in [0.15, 0.2) is 5.78 Å². The van der Waals surface area contributed by atoms with Crippen molar-refractivity contribution in [3.63, 3.8) is 0 Å². The van der Waals surface area contributed by atoms with Crippen LogP contribution in [0.1, 0.15) is 17.3 Å². The second kappa shape index (κ2) is 5.75. The van der Waals surface area contributed by atoms with E-state index in [4.69, 9.17) is 4.74 Å². The van der Waals surface area contributed by atoms with Crippen LogP contribution in [0.15, 0.2) is 18.2 Å². The Morgan fingerprint density at radius 2 is 2.27 bits per heavy atom. The molecule has 0 heterocycles. The summed E-state index contributed by atoms with van der Waals surface area (Å²) in [6.07, 6.45) is 1.97. The number of rotatable bonds is 5. The van der Waals surface area contributed by atoms with E-state index in [2.05, 4.69) is 0 Å². The Balaban J connectivity index is 2.69. The van der Waals surface area contributed by atoms with Crippen LogP contribution in [0, 0.1) is 5.82 Å². The van der Waals surface area contributed by atoms with Crippen molar-refractivity contribution < 1.29 is 13.9 Å². The molecule has 0 saturated carbocycles. The molecule has 0 spiro atoms. The molecule has 4 heteroatoms. The highest BCUT2D eigenvalue weighted by atomic mass is 32.2. The van der Waals surface area contributed by atoms with Crippen molar-refractivity contribution in [1.29, 1.82) is 0 Å². The predicted molar refractivity (Wildman–Crippen MR) is 60.3 cm³/mol. The zero-order valence-corrected chi connectivity index (χ0v) is 9.57. The summed E-state index contributed by atoms with van der Waals surface area (Å²) in [5.74, 6) is 0.523. The molecule has 1 aromatic carbocycles. The maximum absolute atomic E-state index is 13.3. The van der Waals surface area contributed by atoms with E-state index in [1.807, 2.05) is 6.26 Å². The molecule has 0 amide bonds. The number of benzene rings is 1. The molecule has 0 aliphatic heterocycles. The van der Waals surface area contributed by atoms with Crippen molar-refractivity contribution in [2.45, 2.75) is 6.92 Å². The summed E-state index contributed by atoms with van der Waals surface area (Å²) >= 11 is 1.66. The fourth-order valence-electron chi connectivity index (χ4n) is 1.11. The molecule has 1 rings (SSSR count). The molecule has 1 aromatic rings. The summed E-state index contributed by atoms with van der Waals surface area (Å²) in [6, 6.07) is 4.31. The largest absolute Gasteiger partial charge is 0.493 e. The van der Waals surface area contributed by atoms with Crippen LogP contribution in [-0.2, 0) is 0 Å². The van der Waals surface area contributed by atoms with Gasteiger partial charge in [-0.15, -0.1) is 0 Å². The maximum Gasteiger partial charge on any atom is 0.162 e. The Kier molecular flexibility index (Phi) is 4.62. The van der Waals surface area contributed by atoms with E-state index >= 15 is 0 Å². The van der Waals surface area contributed by atoms with Crippen molar-refractivity contribution in [2.75, 3.05) is 18.6 Å². The van der Waals surface area contributed by atoms with E-state index in [-0.39, 0.29) is 11.3 Å². The van der Waals surface area contributed by atoms with Gasteiger partial charge in [-0.25, -0.2) is 4.39 Å². The quantitative estimate of drug-likeness (QED) is 0.572. The topological polar surface area (TPSA) is 26.3 Å². The molecule has 2 nitrogen and oxygen atoms in total. The fraction of sp³-hybridized carbons (Fsp3) is 0.364. The van der Waals surface area contributed by atoms with Crippen molar-refractivity contribution >= 4 is 17.5 Å². The molecule has 0 unspecified atom stereocenters. The first-order chi connectivity index (χ1) is 7.15. The SMILES string of the molecule is CSCCOc1ccc(C(C)=O)c(F)c1. The number of hydrogen-bond donors (Lipinski definition) is 0. The van der Waals surface area contributed by atoms with Crippen LogP contribution in [0.25, 0.3) is 0 Å². The molecule has 0 radical (unpaired) electrons. The van der Waals surface area contributed by atoms with Crippen LogP contribution in [0.4, 0.5) is 4.39 Å². The number of hydrogen-bond acceptors (Lipinski definition) is 3. The van der Waals surface area contributed by atoms with Gasteiger partial charge in [-0.3, -0.25) is 4.79 Å². The number of ketones is 1. The molecule has 0 aliphatic carbocycles. The second-order valence-corrected chi connectivity index (χ2v) is 4.02. The highest BCUT2D eigenvalue weighted by molar-refractivity contribution is 7.98. The molecule has 0 fully saturated rings. The zero-order chi connectivity index (χ0) is 11.3. The molecule has 82 valence electrons. The van der Waals surface area contributed by atoms with Crippen LogP contribution in [0.3, 0.4) is 0 Å². The molecule has 0 saturated heterocycles. The Morgan fingerprint density at radius 1 is 1.53 bits per heavy atom. The van der Waals surface area contributed by atoms with Crippen LogP contribution in [0.2, 0.25) is 0 Å².